The van der Waals surface area contributed by atoms with E-state index in [2.05, 4.69) is 4.98 Å². The lowest BCUT2D eigenvalue weighted by Gasteiger charge is -2.07. The van der Waals surface area contributed by atoms with Crippen LogP contribution in [0.4, 0.5) is 0 Å². The molecule has 2 rings (SSSR count). The number of aliphatic hydroxyl groups is 1. The van der Waals surface area contributed by atoms with E-state index in [9.17, 15) is 0 Å². The quantitative estimate of drug-likeness (QED) is 0.920. The van der Waals surface area contributed by atoms with E-state index >= 15 is 0 Å². The number of benzene rings is 1. The number of hydrogen-bond acceptors (Lipinski definition) is 3. The highest BCUT2D eigenvalue weighted by molar-refractivity contribution is 6.31. The van der Waals surface area contributed by atoms with Gasteiger partial charge in [0.05, 0.1) is 10.7 Å². The Kier molecular flexibility index (Phi) is 4.18. The Morgan fingerprint density at radius 2 is 1.89 bits per heavy atom. The fourth-order valence-electron chi connectivity index (χ4n) is 1.55. The Labute approximate surface area is 111 Å². The Hall–Kier alpha value is -1.58. The lowest BCUT2D eigenvalue weighted by atomic mass is 10.1. The number of pyridine rings is 1. The van der Waals surface area contributed by atoms with Gasteiger partial charge in [-0.2, -0.15) is 0 Å². The molecule has 2 aromatic rings. The fourth-order valence-corrected chi connectivity index (χ4v) is 1.66. The molecule has 0 fully saturated rings. The highest BCUT2D eigenvalue weighted by Gasteiger charge is 2.02. The third-order valence-corrected chi connectivity index (χ3v) is 2.94. The predicted octanol–water partition coefficient (Wildman–Crippen LogP) is 3.37. The summed E-state index contributed by atoms with van der Waals surface area (Å²) in [5.41, 5.74) is 1.82. The van der Waals surface area contributed by atoms with Crippen LogP contribution in [0.3, 0.4) is 0 Å². The molecular weight excluding hydrogens is 250 g/mol. The first-order valence-electron chi connectivity index (χ1n) is 5.70. The molecule has 0 saturated carbocycles. The van der Waals surface area contributed by atoms with E-state index in [1.165, 1.54) is 0 Å². The monoisotopic (exact) mass is 263 g/mol. The van der Waals surface area contributed by atoms with Crippen molar-refractivity contribution in [3.8, 4) is 11.6 Å². The summed E-state index contributed by atoms with van der Waals surface area (Å²) in [5, 5.41) is 9.45. The first-order valence-corrected chi connectivity index (χ1v) is 6.07. The number of rotatable bonds is 4. The smallest absolute Gasteiger partial charge is 0.219 e. The third kappa shape index (κ3) is 3.22. The van der Waals surface area contributed by atoms with Gasteiger partial charge in [-0.05, 0) is 37.1 Å². The molecule has 94 valence electrons. The second kappa shape index (κ2) is 5.85. The number of ether oxygens (including phenoxy) is 1. The average molecular weight is 264 g/mol. The average Bonchev–Trinajstić information content (AvgIpc) is 2.37. The van der Waals surface area contributed by atoms with Crippen molar-refractivity contribution in [1.29, 1.82) is 0 Å². The highest BCUT2D eigenvalue weighted by atomic mass is 35.5. The summed E-state index contributed by atoms with van der Waals surface area (Å²) >= 11 is 5.90. The Balaban J connectivity index is 2.10. The van der Waals surface area contributed by atoms with Crippen molar-refractivity contribution < 1.29 is 9.84 Å². The first-order chi connectivity index (χ1) is 8.69. The van der Waals surface area contributed by atoms with Crippen LogP contribution in [0.15, 0.2) is 36.4 Å². The molecule has 0 radical (unpaired) electrons. The normalized spacial score (nSPS) is 10.4. The van der Waals surface area contributed by atoms with Crippen LogP contribution in [0.2, 0.25) is 5.02 Å². The van der Waals surface area contributed by atoms with Gasteiger partial charge in [0.15, 0.2) is 0 Å². The van der Waals surface area contributed by atoms with Crippen molar-refractivity contribution in [3.63, 3.8) is 0 Å². The van der Waals surface area contributed by atoms with Gasteiger partial charge in [0, 0.05) is 12.7 Å². The zero-order chi connectivity index (χ0) is 13.0. The van der Waals surface area contributed by atoms with Crippen LogP contribution in [0.1, 0.15) is 11.3 Å². The van der Waals surface area contributed by atoms with E-state index in [4.69, 9.17) is 21.4 Å². The molecule has 0 aliphatic carbocycles. The van der Waals surface area contributed by atoms with E-state index in [1.807, 2.05) is 31.2 Å². The summed E-state index contributed by atoms with van der Waals surface area (Å²) in [4.78, 5) is 4.23. The Morgan fingerprint density at radius 1 is 1.17 bits per heavy atom. The van der Waals surface area contributed by atoms with Gasteiger partial charge < -0.3 is 9.84 Å². The van der Waals surface area contributed by atoms with Crippen LogP contribution in [0.25, 0.3) is 0 Å². The van der Waals surface area contributed by atoms with E-state index in [1.54, 1.807) is 12.1 Å². The number of aliphatic hydroxyl groups excluding tert-OH is 1. The second-order valence-electron chi connectivity index (χ2n) is 3.94. The summed E-state index contributed by atoms with van der Waals surface area (Å²) in [6.07, 6.45) is 0.651. The van der Waals surface area contributed by atoms with E-state index < -0.39 is 0 Å². The number of hydrogen-bond donors (Lipinski definition) is 1. The zero-order valence-electron chi connectivity index (χ0n) is 10.1. The van der Waals surface area contributed by atoms with Crippen LogP contribution in [0, 0.1) is 6.92 Å². The fraction of sp³-hybridized carbons (Fsp3) is 0.214. The third-order valence-electron chi connectivity index (χ3n) is 2.54. The van der Waals surface area contributed by atoms with Crippen LogP contribution in [0.5, 0.6) is 11.6 Å². The Bertz CT molecular complexity index is 526. The standard InChI is InChI=1S/C14H14ClNO2/c1-10-13(15)6-7-14(16-10)18-12-4-2-11(3-5-12)8-9-17/h2-7,17H,8-9H2,1H3. The minimum atomic E-state index is 0.151. The van der Waals surface area contributed by atoms with Gasteiger partial charge >= 0.3 is 0 Å². The summed E-state index contributed by atoms with van der Waals surface area (Å²) < 4.78 is 5.62. The van der Waals surface area contributed by atoms with Crippen molar-refractivity contribution in [2.45, 2.75) is 13.3 Å². The van der Waals surface area contributed by atoms with E-state index in [0.717, 1.165) is 11.3 Å². The summed E-state index contributed by atoms with van der Waals surface area (Å²) in [5.74, 6) is 1.23. The van der Waals surface area contributed by atoms with Gasteiger partial charge in [0.1, 0.15) is 5.75 Å². The minimum absolute atomic E-state index is 0.151. The van der Waals surface area contributed by atoms with Crippen molar-refractivity contribution >= 4 is 11.6 Å². The molecule has 0 amide bonds. The van der Waals surface area contributed by atoms with Crippen LogP contribution < -0.4 is 4.74 Å². The minimum Gasteiger partial charge on any atom is -0.439 e. The predicted molar refractivity (Wildman–Crippen MR) is 71.3 cm³/mol. The maximum absolute atomic E-state index is 8.83. The maximum Gasteiger partial charge on any atom is 0.219 e. The molecule has 3 nitrogen and oxygen atoms in total. The number of halogens is 1. The van der Waals surface area contributed by atoms with Crippen molar-refractivity contribution in [1.82, 2.24) is 4.98 Å². The first kappa shape index (κ1) is 12.9. The van der Waals surface area contributed by atoms with Crippen LogP contribution >= 0.6 is 11.6 Å². The van der Waals surface area contributed by atoms with Gasteiger partial charge in [-0.25, -0.2) is 4.98 Å². The lowest BCUT2D eigenvalue weighted by Crippen LogP contribution is -1.92. The van der Waals surface area contributed by atoms with E-state index in [-0.39, 0.29) is 6.61 Å². The molecule has 0 bridgehead atoms. The summed E-state index contributed by atoms with van der Waals surface area (Å²) in [6.45, 7) is 1.98. The highest BCUT2D eigenvalue weighted by Crippen LogP contribution is 2.23. The summed E-state index contributed by atoms with van der Waals surface area (Å²) in [7, 11) is 0. The van der Waals surface area contributed by atoms with Gasteiger partial charge in [0.25, 0.3) is 0 Å². The number of aryl methyl sites for hydroxylation is 1. The van der Waals surface area contributed by atoms with Crippen LogP contribution in [-0.4, -0.2) is 16.7 Å². The maximum atomic E-state index is 8.83. The van der Waals surface area contributed by atoms with E-state index in [0.29, 0.717) is 23.1 Å². The zero-order valence-corrected chi connectivity index (χ0v) is 10.8. The molecule has 0 unspecified atom stereocenters. The van der Waals surface area contributed by atoms with Gasteiger partial charge in [-0.3, -0.25) is 0 Å². The SMILES string of the molecule is Cc1nc(Oc2ccc(CCO)cc2)ccc1Cl. The van der Waals surface area contributed by atoms with Gasteiger partial charge in [0.2, 0.25) is 5.88 Å². The molecule has 1 N–H and O–H groups in total. The van der Waals surface area contributed by atoms with Crippen molar-refractivity contribution in [2.24, 2.45) is 0 Å². The molecule has 1 aromatic carbocycles. The molecule has 0 atom stereocenters. The topological polar surface area (TPSA) is 42.4 Å². The second-order valence-corrected chi connectivity index (χ2v) is 4.34. The number of aromatic nitrogens is 1. The molecule has 0 spiro atoms. The van der Waals surface area contributed by atoms with Gasteiger partial charge in [-0.15, -0.1) is 0 Å². The van der Waals surface area contributed by atoms with Crippen molar-refractivity contribution in [2.75, 3.05) is 6.61 Å². The van der Waals surface area contributed by atoms with Crippen LogP contribution in [-0.2, 0) is 6.42 Å². The molecule has 0 saturated heterocycles. The summed E-state index contributed by atoms with van der Waals surface area (Å²) in [6, 6.07) is 11.1. The largest absolute Gasteiger partial charge is 0.439 e. The number of nitrogens with zero attached hydrogens (tertiary/aromatic N) is 1. The lowest BCUT2D eigenvalue weighted by molar-refractivity contribution is 0.299. The Morgan fingerprint density at radius 3 is 2.50 bits per heavy atom. The van der Waals surface area contributed by atoms with Gasteiger partial charge in [-0.1, -0.05) is 23.7 Å². The molecule has 18 heavy (non-hydrogen) atoms. The van der Waals surface area contributed by atoms with Crippen molar-refractivity contribution in [3.05, 3.63) is 52.7 Å². The molecular formula is C14H14ClNO2. The molecule has 4 heteroatoms. The molecule has 0 aliphatic rings. The molecule has 0 aliphatic heterocycles. The molecule has 1 aromatic heterocycles. The molecule has 1 heterocycles.